The van der Waals surface area contributed by atoms with Crippen molar-refractivity contribution in [2.24, 2.45) is 0 Å². The summed E-state index contributed by atoms with van der Waals surface area (Å²) in [5.41, 5.74) is 5.37. The third kappa shape index (κ3) is 2.65. The summed E-state index contributed by atoms with van der Waals surface area (Å²) in [6.07, 6.45) is 0.845. The van der Waals surface area contributed by atoms with Crippen molar-refractivity contribution in [1.29, 1.82) is 0 Å². The fraction of sp³-hybridized carbons (Fsp3) is 0.500. The lowest BCUT2D eigenvalue weighted by atomic mass is 10.4. The van der Waals surface area contributed by atoms with Crippen molar-refractivity contribution in [3.63, 3.8) is 0 Å². The van der Waals surface area contributed by atoms with Crippen LogP contribution in [0.2, 0.25) is 0 Å². The van der Waals surface area contributed by atoms with Crippen molar-refractivity contribution in [2.45, 2.75) is 6.10 Å². The molecule has 12 heavy (non-hydrogen) atoms. The molecule has 5 N–H and O–H groups in total. The van der Waals surface area contributed by atoms with E-state index >= 15 is 0 Å². The molecule has 1 heterocycles. The Morgan fingerprint density at radius 2 is 2.50 bits per heavy atom. The van der Waals surface area contributed by atoms with Gasteiger partial charge in [-0.2, -0.15) is 0 Å². The average Bonchev–Trinajstić information content (AvgIpc) is 2.47. The van der Waals surface area contributed by atoms with E-state index in [0.717, 1.165) is 5.00 Å². The molecular weight excluding hydrogens is 178 g/mol. The summed E-state index contributed by atoms with van der Waals surface area (Å²) in [7, 11) is 0. The normalized spacial score (nSPS) is 12.8. The Kier molecular flexibility index (Phi) is 3.27. The number of nitrogen functional groups attached to an aromatic ring is 1. The predicted molar refractivity (Wildman–Crippen MR) is 48.1 cm³/mol. The van der Waals surface area contributed by atoms with Crippen LogP contribution in [-0.2, 0) is 0 Å². The zero-order valence-electron chi connectivity index (χ0n) is 6.40. The summed E-state index contributed by atoms with van der Waals surface area (Å²) in [4.78, 5) is 3.81. The lowest BCUT2D eigenvalue weighted by molar-refractivity contribution is 0.105. The molecule has 0 bridgehead atoms. The molecule has 6 heteroatoms. The maximum Gasteiger partial charge on any atom is 0.181 e. The number of nitrogens with one attached hydrogen (secondary N) is 1. The van der Waals surface area contributed by atoms with Crippen LogP contribution in [0.4, 0.5) is 10.1 Å². The van der Waals surface area contributed by atoms with Crippen LogP contribution in [-0.4, -0.2) is 34.5 Å². The number of nitrogens with zero attached hydrogens (tertiary/aromatic N) is 1. The first-order valence-corrected chi connectivity index (χ1v) is 4.28. The Morgan fingerprint density at radius 3 is 3.00 bits per heavy atom. The molecule has 1 aromatic heterocycles. The first-order valence-electron chi connectivity index (χ1n) is 3.46. The predicted octanol–water partition coefficient (Wildman–Crippen LogP) is -0.510. The van der Waals surface area contributed by atoms with Gasteiger partial charge in [0.05, 0.1) is 18.9 Å². The maximum atomic E-state index is 8.97. The van der Waals surface area contributed by atoms with Crippen molar-refractivity contribution < 1.29 is 10.2 Å². The zero-order valence-corrected chi connectivity index (χ0v) is 7.21. The second-order valence-corrected chi connectivity index (χ2v) is 3.34. The summed E-state index contributed by atoms with van der Waals surface area (Å²) in [5, 5.41) is 21.6. The van der Waals surface area contributed by atoms with Crippen LogP contribution in [0, 0.1) is 0 Å². The molecule has 0 aliphatic heterocycles. The molecule has 68 valence electrons. The van der Waals surface area contributed by atoms with Crippen molar-refractivity contribution in [1.82, 2.24) is 4.98 Å². The van der Waals surface area contributed by atoms with E-state index in [1.54, 1.807) is 6.20 Å². The molecule has 1 atom stereocenters. The molecule has 0 amide bonds. The number of thiazole rings is 1. The molecule has 0 aliphatic carbocycles. The van der Waals surface area contributed by atoms with Crippen molar-refractivity contribution >= 4 is 21.5 Å². The number of aliphatic hydroxyl groups is 2. The van der Waals surface area contributed by atoms with Gasteiger partial charge in [0.2, 0.25) is 0 Å². The number of nitrogens with two attached hydrogens (primary N) is 1. The molecule has 0 saturated carbocycles. The Balaban J connectivity index is 2.33. The lowest BCUT2D eigenvalue weighted by Crippen LogP contribution is -2.22. The molecule has 1 rings (SSSR count). The highest BCUT2D eigenvalue weighted by Gasteiger charge is 2.02. The van der Waals surface area contributed by atoms with Crippen LogP contribution < -0.4 is 11.1 Å². The van der Waals surface area contributed by atoms with E-state index in [4.69, 9.17) is 15.9 Å². The smallest absolute Gasteiger partial charge is 0.181 e. The van der Waals surface area contributed by atoms with E-state index in [1.165, 1.54) is 11.3 Å². The molecule has 0 fully saturated rings. The van der Waals surface area contributed by atoms with Crippen LogP contribution in [0.15, 0.2) is 6.20 Å². The van der Waals surface area contributed by atoms with E-state index in [2.05, 4.69) is 10.3 Å². The third-order valence-electron chi connectivity index (χ3n) is 1.25. The number of hydrogen-bond donors (Lipinski definition) is 4. The van der Waals surface area contributed by atoms with Crippen LogP contribution >= 0.6 is 11.3 Å². The van der Waals surface area contributed by atoms with Crippen LogP contribution in [0.25, 0.3) is 0 Å². The molecule has 0 aromatic carbocycles. The Hall–Kier alpha value is -0.850. The van der Waals surface area contributed by atoms with Crippen LogP contribution in [0.3, 0.4) is 0 Å². The fourth-order valence-corrected chi connectivity index (χ4v) is 1.24. The summed E-state index contributed by atoms with van der Waals surface area (Å²) < 4.78 is 0. The van der Waals surface area contributed by atoms with Gasteiger partial charge in [0, 0.05) is 6.54 Å². The molecule has 1 unspecified atom stereocenters. The van der Waals surface area contributed by atoms with Gasteiger partial charge in [-0.15, -0.1) is 0 Å². The van der Waals surface area contributed by atoms with Gasteiger partial charge in [0.1, 0.15) is 5.00 Å². The third-order valence-corrected chi connectivity index (χ3v) is 2.03. The van der Waals surface area contributed by atoms with E-state index in [-0.39, 0.29) is 6.61 Å². The second-order valence-electron chi connectivity index (χ2n) is 2.28. The number of aliphatic hydroxyl groups excluding tert-OH is 2. The van der Waals surface area contributed by atoms with E-state index in [1.807, 2.05) is 0 Å². The van der Waals surface area contributed by atoms with Crippen molar-refractivity contribution in [3.05, 3.63) is 6.20 Å². The van der Waals surface area contributed by atoms with Gasteiger partial charge >= 0.3 is 0 Å². The minimum absolute atomic E-state index is 0.249. The van der Waals surface area contributed by atoms with Crippen LogP contribution in [0.5, 0.6) is 0 Å². The standard InChI is InChI=1S/C6H11N3O2S/c7-6-9-2-5(12-6)8-1-4(11)3-10/h2,4,8,10-11H,1,3H2,(H2,7,9). The highest BCUT2D eigenvalue weighted by molar-refractivity contribution is 7.19. The molecule has 0 radical (unpaired) electrons. The minimum atomic E-state index is -0.742. The molecule has 0 saturated heterocycles. The summed E-state index contributed by atoms with van der Waals surface area (Å²) in [5.74, 6) is 0. The van der Waals surface area contributed by atoms with Gasteiger partial charge in [-0.05, 0) is 0 Å². The zero-order chi connectivity index (χ0) is 8.97. The van der Waals surface area contributed by atoms with E-state index in [9.17, 15) is 0 Å². The largest absolute Gasteiger partial charge is 0.394 e. The molecule has 1 aromatic rings. The van der Waals surface area contributed by atoms with Gasteiger partial charge in [-0.25, -0.2) is 4.98 Å². The summed E-state index contributed by atoms with van der Waals surface area (Å²) in [6, 6.07) is 0. The Labute approximate surface area is 73.9 Å². The minimum Gasteiger partial charge on any atom is -0.394 e. The maximum absolute atomic E-state index is 8.97. The number of aromatic nitrogens is 1. The molecule has 5 nitrogen and oxygen atoms in total. The molecule has 0 aliphatic rings. The van der Waals surface area contributed by atoms with Crippen molar-refractivity contribution in [3.8, 4) is 0 Å². The van der Waals surface area contributed by atoms with Gasteiger partial charge in [-0.1, -0.05) is 11.3 Å². The van der Waals surface area contributed by atoms with Crippen molar-refractivity contribution in [2.75, 3.05) is 24.2 Å². The first kappa shape index (κ1) is 9.24. The average molecular weight is 189 g/mol. The van der Waals surface area contributed by atoms with Gasteiger partial charge < -0.3 is 21.3 Å². The number of anilines is 2. The quantitative estimate of drug-likeness (QED) is 0.512. The van der Waals surface area contributed by atoms with Crippen LogP contribution in [0.1, 0.15) is 0 Å². The summed E-state index contributed by atoms with van der Waals surface area (Å²) in [6.45, 7) is 0.0550. The second kappa shape index (κ2) is 4.24. The summed E-state index contributed by atoms with van der Waals surface area (Å²) >= 11 is 1.30. The topological polar surface area (TPSA) is 91.4 Å². The first-order chi connectivity index (χ1) is 5.72. The Morgan fingerprint density at radius 1 is 1.75 bits per heavy atom. The molecule has 0 spiro atoms. The monoisotopic (exact) mass is 189 g/mol. The van der Waals surface area contributed by atoms with Gasteiger partial charge in [0.15, 0.2) is 5.13 Å². The number of hydrogen-bond acceptors (Lipinski definition) is 6. The van der Waals surface area contributed by atoms with Gasteiger partial charge in [-0.3, -0.25) is 0 Å². The SMILES string of the molecule is Nc1ncc(NCC(O)CO)s1. The van der Waals surface area contributed by atoms with E-state index < -0.39 is 6.10 Å². The highest BCUT2D eigenvalue weighted by atomic mass is 32.1. The lowest BCUT2D eigenvalue weighted by Gasteiger charge is -2.06. The fourth-order valence-electron chi connectivity index (χ4n) is 0.652. The molecular formula is C6H11N3O2S. The van der Waals surface area contributed by atoms with Gasteiger partial charge in [0.25, 0.3) is 0 Å². The Bertz CT molecular complexity index is 240. The highest BCUT2D eigenvalue weighted by Crippen LogP contribution is 2.19. The van der Waals surface area contributed by atoms with E-state index in [0.29, 0.717) is 11.7 Å². The number of rotatable bonds is 4.